The number of carbonyl (C=O) groups excluding carboxylic acids is 7. The van der Waals surface area contributed by atoms with Crippen LogP contribution in [0.25, 0.3) is 0 Å². The second kappa shape index (κ2) is 75.6. The van der Waals surface area contributed by atoms with Crippen molar-refractivity contribution in [2.45, 2.75) is 380 Å². The molecule has 0 aromatic carbocycles. The summed E-state index contributed by atoms with van der Waals surface area (Å²) in [5.74, 6) is 8.82. The van der Waals surface area contributed by atoms with Gasteiger partial charge in [0.1, 0.15) is 24.2 Å². The third-order valence-corrected chi connectivity index (χ3v) is 39.2. The van der Waals surface area contributed by atoms with Gasteiger partial charge in [0.05, 0.1) is 15.6 Å². The molecule has 0 aromatic heterocycles. The Morgan fingerprint density at radius 3 is 1.47 bits per heavy atom. The number of thiol groups is 1. The molecule has 15 atom stereocenters. The van der Waals surface area contributed by atoms with Gasteiger partial charge in [-0.15, -0.1) is 35.3 Å². The summed E-state index contributed by atoms with van der Waals surface area (Å²) in [7, 11) is 13.0. The van der Waals surface area contributed by atoms with Crippen molar-refractivity contribution >= 4 is 199 Å². The highest BCUT2D eigenvalue weighted by molar-refractivity contribution is 8.77. The van der Waals surface area contributed by atoms with E-state index in [1.54, 1.807) is 67.5 Å². The molecule has 6 rings (SSSR count). The second-order valence-electron chi connectivity index (χ2n) is 41.1. The number of carboxylic acids is 4. The van der Waals surface area contributed by atoms with Crippen molar-refractivity contribution in [3.63, 3.8) is 0 Å². The molecule has 1 aliphatic carbocycles. The van der Waals surface area contributed by atoms with E-state index in [9.17, 15) is 63.0 Å². The van der Waals surface area contributed by atoms with E-state index in [-0.39, 0.29) is 81.9 Å². The maximum atomic E-state index is 12.9. The number of rotatable bonds is 46. The highest BCUT2D eigenvalue weighted by atomic mass is 33.1. The minimum atomic E-state index is -1.05. The smallest absolute Gasteiger partial charge is 0.327 e. The van der Waals surface area contributed by atoms with Gasteiger partial charge >= 0.3 is 23.9 Å². The first-order chi connectivity index (χ1) is 65.1. The number of carbonyl (C=O) groups is 11. The molecule has 5 aliphatic heterocycles. The van der Waals surface area contributed by atoms with E-state index in [4.69, 9.17) is 21.7 Å². The van der Waals surface area contributed by atoms with E-state index in [2.05, 4.69) is 230 Å². The van der Waals surface area contributed by atoms with Gasteiger partial charge in [-0.1, -0.05) is 297 Å². The first kappa shape index (κ1) is 139. The standard InChI is InChI=1S/C28H48N2O6S4.C22H34.C12H22N2O4S2.C10H19NOS.C9H17NOS.C8H18N2O2S2.C7H15NOS.C7H15NS/c1-19(2)9-5-6-10-22(40-39-18-21(4)26(32)30-15-8-12-24(30)28(35)36)13-16-37-38-17-20(3)25(31)29-14-7-11-23(29)27(33)34;1-17(2)16-19(4)11-8-10-18(3)13-14-21-20(5)12-9-15-22(21,6)7;1-7(2)10(13-8(3)15)5-19-20-6-11(12(17)18)14-9(4)16;1-7(2)9-6-13-10(4,5)11(9)8(3)12;1-6(2)9-5-12-8(4)10(9)7(3)11;1-5(2)6(9)3-13-14-4-7(10)8(11)12;1-5(2)7(4-10)8-6(3)9;1-5(2)7-4-9-6(3)8-7/h19-24H,5-18H2,1-4H3,(H,33,34)(H,35,36);8,10-11,13-14,16-17H,9,12,15H2,1-7H3;7,10-11H,5-6H2,1-4H3,(H,13,15)(H,14,16)(H,17,18);7,9H,6H2,1-5H3;6,8-9H,5H2,1-4H3;5-7H,3-4,9-10H2,1-2H3,(H,11,12);5,7,10H,4H2,1-3H3,(H,8,9);5-8H,4H2,1-3H3/b;11-8+,14-13+,18-10+,19-16+;;;;;;. The van der Waals surface area contributed by atoms with Crippen molar-refractivity contribution in [3.05, 3.63) is 58.7 Å². The Morgan fingerprint density at radius 1 is 0.550 bits per heavy atom. The number of nitrogens with two attached hydrogens (primary N) is 2. The lowest BCUT2D eigenvalue weighted by Gasteiger charge is -2.35. The van der Waals surface area contributed by atoms with Gasteiger partial charge in [0.2, 0.25) is 41.4 Å². The fraction of sp³-hybridized carbons (Fsp3) is 0.796. The molecular weight excluding hydrogens is 2000 g/mol. The van der Waals surface area contributed by atoms with E-state index < -0.39 is 48.0 Å². The average Bonchev–Trinajstić information content (AvgIpc) is 1.65. The molecule has 0 radical (unpaired) electrons. The summed E-state index contributed by atoms with van der Waals surface area (Å²) in [6.45, 7) is 66.9. The number of hydrogen-bond acceptors (Lipinski definition) is 26. The Morgan fingerprint density at radius 2 is 1.06 bits per heavy atom. The molecule has 7 amide bonds. The molecule has 0 spiro atoms. The summed E-state index contributed by atoms with van der Waals surface area (Å²) in [5, 5.41) is 49.3. The molecule has 812 valence electrons. The van der Waals surface area contributed by atoms with Crippen LogP contribution in [0.2, 0.25) is 0 Å². The van der Waals surface area contributed by atoms with Crippen molar-refractivity contribution in [3.8, 4) is 0 Å². The topological polar surface area (TPSA) is 382 Å². The number of aliphatic carboxylic acids is 4. The van der Waals surface area contributed by atoms with Crippen LogP contribution in [0.3, 0.4) is 0 Å². The summed E-state index contributed by atoms with van der Waals surface area (Å²) < 4.78 is 0. The lowest BCUT2D eigenvalue weighted by molar-refractivity contribution is -0.149. The Labute approximate surface area is 897 Å². The minimum absolute atomic E-state index is 0.0131. The number of carboxylic acid groups (broad SMARTS) is 4. The van der Waals surface area contributed by atoms with E-state index in [0.717, 1.165) is 60.7 Å². The van der Waals surface area contributed by atoms with E-state index >= 15 is 0 Å². The van der Waals surface area contributed by atoms with Crippen LogP contribution in [0.1, 0.15) is 299 Å². The zero-order valence-corrected chi connectivity index (χ0v) is 101. The highest BCUT2D eigenvalue weighted by Crippen LogP contribution is 2.44. The molecule has 0 saturated carbocycles. The Hall–Kier alpha value is -3.05. The highest BCUT2D eigenvalue weighted by Gasteiger charge is 2.44. The lowest BCUT2D eigenvalue weighted by Crippen LogP contribution is -2.47. The van der Waals surface area contributed by atoms with Gasteiger partial charge in [-0.2, -0.15) is 12.6 Å². The number of amides is 7. The van der Waals surface area contributed by atoms with Gasteiger partial charge in [-0.05, 0) is 165 Å². The maximum Gasteiger partial charge on any atom is 0.327 e. The fourth-order valence-electron chi connectivity index (χ4n) is 15.4. The third-order valence-electron chi connectivity index (χ3n) is 24.2. The molecule has 25 nitrogen and oxygen atoms in total. The molecular formula is C103H188N10O15S12. The summed E-state index contributed by atoms with van der Waals surface area (Å²) >= 11 is 9.89. The minimum Gasteiger partial charge on any atom is -0.480 e. The number of hydrogen-bond donors (Lipinski definition) is 11. The predicted molar refractivity (Wildman–Crippen MR) is 617 cm³/mol. The van der Waals surface area contributed by atoms with Crippen LogP contribution in [-0.4, -0.2) is 263 Å². The Kier molecular flexibility index (Phi) is 75.1. The van der Waals surface area contributed by atoms with Crippen LogP contribution in [-0.2, 0) is 52.7 Å². The van der Waals surface area contributed by atoms with Crippen LogP contribution in [0, 0.1) is 64.6 Å². The molecule has 5 heterocycles. The number of likely N-dealkylation sites (tertiary alicyclic amines) is 2. The van der Waals surface area contributed by atoms with Crippen molar-refractivity contribution in [2.75, 3.05) is 76.4 Å². The summed E-state index contributed by atoms with van der Waals surface area (Å²) in [4.78, 5) is 132. The molecule has 5 fully saturated rings. The van der Waals surface area contributed by atoms with Gasteiger partial charge in [-0.25, -0.2) is 14.4 Å². The molecule has 6 aliphatic rings. The van der Waals surface area contributed by atoms with Crippen LogP contribution in [0.15, 0.2) is 58.7 Å². The third kappa shape index (κ3) is 60.6. The Bertz CT molecular complexity index is 3800. The van der Waals surface area contributed by atoms with Crippen LogP contribution in [0.4, 0.5) is 0 Å². The summed E-state index contributed by atoms with van der Waals surface area (Å²) in [6, 6.07) is -0.979. The SMILES string of the molecule is CC(=O)N1C(C(C)C)CSC1(C)C.CC(=O)N1C(C)SCC1C(C)C.CC(=O)NC(CS)C(C)C.CC(=O)NC(CSSCC(NC(C)=O)C(C)C)C(=O)O.CC(C)C(N)CSSCC(N)C(=O)O.CC(C)CCCCC(CCSSCC(C)C(=O)N1CCCC1C(=O)O)SSCC(C)C(=O)N1CCCC1C(=O)O.CC1=C(/C=C/C(C)=C/C=C/C(C)=C/C(C)C)C(C)(C)CCC1.CC1NC(C(C)C)CS1. The molecule has 12 N–H and O–H groups in total. The number of nitrogens with one attached hydrogen (secondary N) is 4. The van der Waals surface area contributed by atoms with E-state index in [1.807, 2.05) is 83.6 Å². The summed E-state index contributed by atoms with van der Waals surface area (Å²) in [6.07, 6.45) is 25.7. The van der Waals surface area contributed by atoms with Crippen molar-refractivity contribution < 1.29 is 73.2 Å². The van der Waals surface area contributed by atoms with Gasteiger partial charge in [-0.3, -0.25) is 38.4 Å². The number of nitrogens with zero attached hydrogens (tertiary/aromatic N) is 4. The fourth-order valence-corrected chi connectivity index (χ4v) is 31.0. The zero-order chi connectivity index (χ0) is 108. The maximum absolute atomic E-state index is 12.9. The Balaban J connectivity index is 0. The van der Waals surface area contributed by atoms with Gasteiger partial charge < -0.3 is 72.8 Å². The molecule has 0 bridgehead atoms. The molecule has 5 saturated heterocycles. The predicted octanol–water partition coefficient (Wildman–Crippen LogP) is 22.3. The largest absolute Gasteiger partial charge is 0.480 e. The number of allylic oxidation sites excluding steroid dienone is 10. The van der Waals surface area contributed by atoms with Crippen molar-refractivity contribution in [1.29, 1.82) is 0 Å². The number of unbranched alkanes of at least 4 members (excludes halogenated alkanes) is 1. The lowest BCUT2D eigenvalue weighted by atomic mass is 9.72. The molecule has 140 heavy (non-hydrogen) atoms. The van der Waals surface area contributed by atoms with Gasteiger partial charge in [0.25, 0.3) is 0 Å². The quantitative estimate of drug-likeness (QED) is 0.0117. The van der Waals surface area contributed by atoms with Crippen molar-refractivity contribution in [1.82, 2.24) is 40.9 Å². The average molecular weight is 2190 g/mol. The van der Waals surface area contributed by atoms with Crippen molar-refractivity contribution in [2.24, 2.45) is 76.1 Å². The van der Waals surface area contributed by atoms with Gasteiger partial charge in [0, 0.05) is 164 Å². The zero-order valence-electron chi connectivity index (χ0n) is 91.1. The molecule has 15 unspecified atom stereocenters. The molecule has 0 aromatic rings. The van der Waals surface area contributed by atoms with Crippen LogP contribution < -0.4 is 32.7 Å². The normalized spacial score (nSPS) is 21.2. The monoisotopic (exact) mass is 2190 g/mol. The number of thioether (sulfide) groups is 3. The van der Waals surface area contributed by atoms with E-state index in [1.165, 1.54) is 119 Å². The molecule has 37 heteroatoms. The van der Waals surface area contributed by atoms with E-state index in [0.29, 0.717) is 130 Å². The summed E-state index contributed by atoms with van der Waals surface area (Å²) in [5.41, 5.74) is 17.2. The second-order valence-corrected chi connectivity index (χ2v) is 56.3. The van der Waals surface area contributed by atoms with Gasteiger partial charge in [0.15, 0.2) is 0 Å². The first-order valence-corrected chi connectivity index (χ1v) is 63.8. The van der Waals surface area contributed by atoms with Crippen LogP contribution >= 0.6 is 134 Å². The van der Waals surface area contributed by atoms with Crippen LogP contribution in [0.5, 0.6) is 0 Å². The first-order valence-electron chi connectivity index (χ1n) is 50.2.